The van der Waals surface area contributed by atoms with E-state index in [1.54, 1.807) is 13.8 Å². The zero-order valence-corrected chi connectivity index (χ0v) is 16.3. The summed E-state index contributed by atoms with van der Waals surface area (Å²) in [5.74, 6) is -1.49. The molecule has 0 saturated heterocycles. The summed E-state index contributed by atoms with van der Waals surface area (Å²) in [6.07, 6.45) is -6.95. The Morgan fingerprint density at radius 1 is 1.28 bits per heavy atom. The number of aliphatic hydroxyl groups excluding tert-OH is 1. The molecule has 0 aliphatic carbocycles. The number of aromatic nitrogens is 2. The van der Waals surface area contributed by atoms with Crippen LogP contribution in [0.4, 0.5) is 14.6 Å². The van der Waals surface area contributed by atoms with E-state index in [0.29, 0.717) is 4.57 Å². The molecule has 0 bridgehead atoms. The van der Waals surface area contributed by atoms with Gasteiger partial charge in [-0.25, -0.2) is 18.4 Å². The fraction of sp³-hybridized carbons (Fsp3) is 0.647. The Balaban J connectivity index is 2.70. The molecule has 1 aromatic heterocycles. The largest absolute Gasteiger partial charge is 0.461 e. The molecule has 12 heteroatoms. The average molecular weight is 421 g/mol. The molecule has 0 radical (unpaired) electrons. The predicted octanol–water partition coefficient (Wildman–Crippen LogP) is 0.140. The monoisotopic (exact) mass is 421 g/mol. The number of nitrogens with zero attached hydrogens (tertiary/aromatic N) is 2. The highest BCUT2D eigenvalue weighted by atomic mass is 19.3. The van der Waals surface area contributed by atoms with Gasteiger partial charge in [0.25, 0.3) is 6.43 Å². The van der Waals surface area contributed by atoms with Gasteiger partial charge in [-0.1, -0.05) is 13.8 Å². The molecule has 0 aliphatic heterocycles. The van der Waals surface area contributed by atoms with E-state index in [9.17, 15) is 28.3 Å². The first-order valence-electron chi connectivity index (χ1n) is 8.75. The highest BCUT2D eigenvalue weighted by molar-refractivity contribution is 5.81. The van der Waals surface area contributed by atoms with Crippen molar-refractivity contribution in [1.29, 1.82) is 0 Å². The van der Waals surface area contributed by atoms with Gasteiger partial charge in [0.05, 0.1) is 6.10 Å². The zero-order valence-electron chi connectivity index (χ0n) is 16.3. The van der Waals surface area contributed by atoms with Crippen LogP contribution in [0, 0.1) is 5.92 Å². The van der Waals surface area contributed by atoms with Crippen molar-refractivity contribution in [2.24, 2.45) is 5.92 Å². The van der Waals surface area contributed by atoms with Crippen molar-refractivity contribution in [2.45, 2.75) is 45.6 Å². The Hall–Kier alpha value is -2.44. The first kappa shape index (κ1) is 24.6. The van der Waals surface area contributed by atoms with Gasteiger partial charge in [-0.15, -0.1) is 0 Å². The standard InChI is InChI=1S/C17H25F2N3O7/c1-9(2)11(24)6-27-8-14(25)28-7-12(10(3)23)29-16(15(18)19)22-5-4-13(20)21-17(22)26/h4-5,9-10,12,15-16,23H,6-8H2,1-3H3,(H2,20,21,26)/t10-,12?,16?/m1/s1. The molecule has 1 rings (SSSR count). The first-order valence-corrected chi connectivity index (χ1v) is 8.75. The van der Waals surface area contributed by atoms with Crippen LogP contribution in [0.5, 0.6) is 0 Å². The van der Waals surface area contributed by atoms with E-state index in [2.05, 4.69) is 4.98 Å². The zero-order chi connectivity index (χ0) is 22.1. The number of ketones is 1. The minimum atomic E-state index is -3.15. The maximum atomic E-state index is 13.4. The van der Waals surface area contributed by atoms with E-state index in [0.717, 1.165) is 12.3 Å². The van der Waals surface area contributed by atoms with E-state index in [4.69, 9.17) is 19.9 Å². The summed E-state index contributed by atoms with van der Waals surface area (Å²) < 4.78 is 42.2. The Labute approximate surface area is 165 Å². The Kier molecular flexibility index (Phi) is 9.78. The summed E-state index contributed by atoms with van der Waals surface area (Å²) in [5.41, 5.74) is 4.26. The number of esters is 1. The SMILES string of the molecule is CC(C)C(=O)COCC(=O)OCC(OC(C(F)F)n1ccc(N)nc1=O)[C@@H](C)O. The number of Topliss-reactive ketones (excluding diaryl/α,β-unsaturated/α-hetero) is 1. The lowest BCUT2D eigenvalue weighted by Crippen LogP contribution is -2.40. The topological polar surface area (TPSA) is 143 Å². The minimum Gasteiger partial charge on any atom is -0.461 e. The van der Waals surface area contributed by atoms with Crippen LogP contribution in [0.25, 0.3) is 0 Å². The molecular formula is C17H25F2N3O7. The summed E-state index contributed by atoms with van der Waals surface area (Å²) in [7, 11) is 0. The van der Waals surface area contributed by atoms with Gasteiger partial charge in [-0.05, 0) is 13.0 Å². The summed E-state index contributed by atoms with van der Waals surface area (Å²) in [5, 5.41) is 9.77. The van der Waals surface area contributed by atoms with Gasteiger partial charge in [-0.3, -0.25) is 9.36 Å². The predicted molar refractivity (Wildman–Crippen MR) is 96.1 cm³/mol. The van der Waals surface area contributed by atoms with Crippen molar-refractivity contribution in [3.63, 3.8) is 0 Å². The number of carbonyl (C=O) groups is 2. The smallest absolute Gasteiger partial charge is 0.351 e. The number of hydrogen-bond donors (Lipinski definition) is 2. The van der Waals surface area contributed by atoms with Crippen LogP contribution >= 0.6 is 0 Å². The minimum absolute atomic E-state index is 0.156. The number of rotatable bonds is 12. The van der Waals surface area contributed by atoms with Gasteiger partial charge < -0.3 is 25.1 Å². The van der Waals surface area contributed by atoms with Crippen molar-refractivity contribution in [2.75, 3.05) is 25.6 Å². The molecule has 29 heavy (non-hydrogen) atoms. The van der Waals surface area contributed by atoms with Crippen LogP contribution in [0.2, 0.25) is 0 Å². The maximum absolute atomic E-state index is 13.4. The lowest BCUT2D eigenvalue weighted by molar-refractivity contribution is -0.182. The van der Waals surface area contributed by atoms with Crippen LogP contribution in [0.15, 0.2) is 17.1 Å². The van der Waals surface area contributed by atoms with Crippen molar-refractivity contribution >= 4 is 17.6 Å². The third kappa shape index (κ3) is 8.21. The number of hydrogen-bond acceptors (Lipinski definition) is 9. The summed E-state index contributed by atoms with van der Waals surface area (Å²) in [4.78, 5) is 38.2. The molecule has 0 amide bonds. The fourth-order valence-corrected chi connectivity index (χ4v) is 1.96. The molecule has 0 aliphatic rings. The molecule has 3 N–H and O–H groups in total. The number of halogens is 2. The second-order valence-corrected chi connectivity index (χ2v) is 6.48. The summed E-state index contributed by atoms with van der Waals surface area (Å²) in [6, 6.07) is 1.13. The highest BCUT2D eigenvalue weighted by Crippen LogP contribution is 2.20. The molecule has 0 spiro atoms. The number of anilines is 1. The van der Waals surface area contributed by atoms with Gasteiger partial charge in [0.2, 0.25) is 0 Å². The summed E-state index contributed by atoms with van der Waals surface area (Å²) >= 11 is 0. The van der Waals surface area contributed by atoms with Crippen LogP contribution in [-0.4, -0.2) is 64.9 Å². The van der Waals surface area contributed by atoms with Gasteiger partial charge in [0, 0.05) is 12.1 Å². The second-order valence-electron chi connectivity index (χ2n) is 6.48. The van der Waals surface area contributed by atoms with Gasteiger partial charge in [-0.2, -0.15) is 4.98 Å². The molecule has 164 valence electrons. The molecule has 0 saturated carbocycles. The van der Waals surface area contributed by atoms with Gasteiger partial charge in [0.15, 0.2) is 12.0 Å². The number of nitrogens with two attached hydrogens (primary N) is 1. The number of aliphatic hydroxyl groups is 1. The lowest BCUT2D eigenvalue weighted by Gasteiger charge is -2.27. The Morgan fingerprint density at radius 3 is 2.45 bits per heavy atom. The van der Waals surface area contributed by atoms with E-state index in [1.165, 1.54) is 6.92 Å². The third-order valence-corrected chi connectivity index (χ3v) is 3.71. The maximum Gasteiger partial charge on any atom is 0.351 e. The van der Waals surface area contributed by atoms with E-state index < -0.39 is 49.7 Å². The van der Waals surface area contributed by atoms with Crippen LogP contribution < -0.4 is 11.4 Å². The first-order chi connectivity index (χ1) is 13.5. The number of ether oxygens (including phenoxy) is 3. The molecular weight excluding hydrogens is 396 g/mol. The number of nitrogen functional groups attached to an aromatic ring is 1. The third-order valence-electron chi connectivity index (χ3n) is 3.71. The second kappa shape index (κ2) is 11.5. The van der Waals surface area contributed by atoms with Crippen molar-refractivity contribution in [3.8, 4) is 0 Å². The normalized spacial score (nSPS) is 14.6. The summed E-state index contributed by atoms with van der Waals surface area (Å²) in [6.45, 7) is 3.20. The molecule has 0 fully saturated rings. The Bertz CT molecular complexity index is 740. The molecule has 10 nitrogen and oxygen atoms in total. The van der Waals surface area contributed by atoms with Crippen LogP contribution in [0.1, 0.15) is 27.0 Å². The van der Waals surface area contributed by atoms with Crippen molar-refractivity contribution in [1.82, 2.24) is 9.55 Å². The lowest BCUT2D eigenvalue weighted by atomic mass is 10.1. The van der Waals surface area contributed by atoms with E-state index in [-0.39, 0.29) is 24.1 Å². The average Bonchev–Trinajstić information content (AvgIpc) is 2.61. The van der Waals surface area contributed by atoms with Gasteiger partial charge in [0.1, 0.15) is 31.7 Å². The highest BCUT2D eigenvalue weighted by Gasteiger charge is 2.31. The molecule has 3 atom stereocenters. The molecule has 1 aromatic rings. The van der Waals surface area contributed by atoms with Crippen molar-refractivity contribution < 1.29 is 37.7 Å². The molecule has 1 heterocycles. The van der Waals surface area contributed by atoms with E-state index >= 15 is 0 Å². The fourth-order valence-electron chi connectivity index (χ4n) is 1.96. The molecule has 2 unspecified atom stereocenters. The van der Waals surface area contributed by atoms with Gasteiger partial charge >= 0.3 is 11.7 Å². The molecule has 0 aromatic carbocycles. The quantitative estimate of drug-likeness (QED) is 0.450. The Morgan fingerprint density at radius 2 is 1.93 bits per heavy atom. The van der Waals surface area contributed by atoms with E-state index in [1.807, 2.05) is 0 Å². The van der Waals surface area contributed by atoms with Crippen LogP contribution in [-0.2, 0) is 23.8 Å². The number of carbonyl (C=O) groups excluding carboxylic acids is 2. The van der Waals surface area contributed by atoms with Crippen molar-refractivity contribution in [3.05, 3.63) is 22.7 Å². The van der Waals surface area contributed by atoms with Crippen LogP contribution in [0.3, 0.4) is 0 Å². The number of alkyl halides is 2.